The quantitative estimate of drug-likeness (QED) is 0.627. The molecule has 0 saturated heterocycles. The maximum Gasteiger partial charge on any atom is 0.294 e. The molecular weight excluding hydrogens is 260 g/mol. The van der Waals surface area contributed by atoms with Gasteiger partial charge in [-0.1, -0.05) is 0 Å². The van der Waals surface area contributed by atoms with Crippen molar-refractivity contribution < 1.29 is 0 Å². The molecule has 0 saturated carbocycles. The molecule has 0 unspecified atom stereocenters. The van der Waals surface area contributed by atoms with Crippen LogP contribution in [0.3, 0.4) is 0 Å². The van der Waals surface area contributed by atoms with Crippen molar-refractivity contribution in [2.24, 2.45) is 0 Å². The molecule has 6 heteroatoms. The minimum atomic E-state index is -0.247. The zero-order valence-electron chi connectivity index (χ0n) is 10.5. The van der Waals surface area contributed by atoms with Crippen LogP contribution in [0.2, 0.25) is 0 Å². The summed E-state index contributed by atoms with van der Waals surface area (Å²) in [6, 6.07) is 0. The molecule has 0 aliphatic heterocycles. The predicted octanol–water partition coefficient (Wildman–Crippen LogP) is 1.89. The average Bonchev–Trinajstić information content (AvgIpc) is 2.79. The SMILES string of the molecule is Cc1nn2cnc3sc4c(c3c2nc1=O)CCCC4. The molecule has 3 heterocycles. The zero-order valence-corrected chi connectivity index (χ0v) is 11.3. The van der Waals surface area contributed by atoms with E-state index in [0.29, 0.717) is 11.3 Å². The van der Waals surface area contributed by atoms with E-state index < -0.39 is 0 Å². The Balaban J connectivity index is 2.20. The molecule has 5 nitrogen and oxygen atoms in total. The molecule has 0 atom stereocenters. The van der Waals surface area contributed by atoms with Crippen molar-refractivity contribution in [1.82, 2.24) is 19.6 Å². The third-order valence-electron chi connectivity index (χ3n) is 3.65. The Bertz CT molecular complexity index is 864. The molecule has 1 aliphatic carbocycles. The van der Waals surface area contributed by atoms with Gasteiger partial charge in [-0.25, -0.2) is 9.50 Å². The highest BCUT2D eigenvalue weighted by Gasteiger charge is 2.19. The van der Waals surface area contributed by atoms with Gasteiger partial charge in [0.15, 0.2) is 5.65 Å². The lowest BCUT2D eigenvalue weighted by Crippen LogP contribution is -2.16. The van der Waals surface area contributed by atoms with Crippen molar-refractivity contribution in [2.45, 2.75) is 32.6 Å². The van der Waals surface area contributed by atoms with E-state index in [-0.39, 0.29) is 5.56 Å². The van der Waals surface area contributed by atoms with E-state index in [1.807, 2.05) is 0 Å². The Morgan fingerprint density at radius 1 is 1.32 bits per heavy atom. The maximum absolute atomic E-state index is 11.8. The zero-order chi connectivity index (χ0) is 13.0. The second-order valence-corrected chi connectivity index (χ2v) is 5.99. The van der Waals surface area contributed by atoms with E-state index in [4.69, 9.17) is 0 Å². The van der Waals surface area contributed by atoms with Crippen LogP contribution in [0.1, 0.15) is 29.0 Å². The first-order valence-electron chi connectivity index (χ1n) is 6.40. The van der Waals surface area contributed by atoms with Gasteiger partial charge < -0.3 is 0 Å². The maximum atomic E-state index is 11.8. The highest BCUT2D eigenvalue weighted by Crippen LogP contribution is 2.36. The van der Waals surface area contributed by atoms with Crippen LogP contribution in [-0.2, 0) is 12.8 Å². The lowest BCUT2D eigenvalue weighted by molar-refractivity contribution is 0.700. The van der Waals surface area contributed by atoms with E-state index in [9.17, 15) is 4.79 Å². The predicted molar refractivity (Wildman–Crippen MR) is 73.8 cm³/mol. The van der Waals surface area contributed by atoms with E-state index >= 15 is 0 Å². The summed E-state index contributed by atoms with van der Waals surface area (Å²) in [5.74, 6) is 0. The van der Waals surface area contributed by atoms with Gasteiger partial charge in [-0.3, -0.25) is 4.79 Å². The van der Waals surface area contributed by atoms with Crippen LogP contribution in [0.5, 0.6) is 0 Å². The highest BCUT2D eigenvalue weighted by atomic mass is 32.1. The van der Waals surface area contributed by atoms with E-state index in [1.165, 1.54) is 23.3 Å². The first-order chi connectivity index (χ1) is 9.24. The van der Waals surface area contributed by atoms with Crippen LogP contribution in [0, 0.1) is 6.92 Å². The second kappa shape index (κ2) is 3.84. The van der Waals surface area contributed by atoms with Crippen molar-refractivity contribution in [2.75, 3.05) is 0 Å². The minimum absolute atomic E-state index is 0.247. The Labute approximate surface area is 112 Å². The Morgan fingerprint density at radius 2 is 2.16 bits per heavy atom. The van der Waals surface area contributed by atoms with Crippen molar-refractivity contribution in [3.05, 3.63) is 32.8 Å². The summed E-state index contributed by atoms with van der Waals surface area (Å²) < 4.78 is 1.63. The topological polar surface area (TPSA) is 60.1 Å². The van der Waals surface area contributed by atoms with Crippen LogP contribution in [0.4, 0.5) is 0 Å². The highest BCUT2D eigenvalue weighted by molar-refractivity contribution is 7.19. The first-order valence-corrected chi connectivity index (χ1v) is 7.22. The number of aromatic nitrogens is 4. The smallest absolute Gasteiger partial charge is 0.265 e. The lowest BCUT2D eigenvalue weighted by atomic mass is 9.97. The van der Waals surface area contributed by atoms with Crippen molar-refractivity contribution >= 4 is 27.2 Å². The third-order valence-corrected chi connectivity index (χ3v) is 4.85. The molecule has 19 heavy (non-hydrogen) atoms. The van der Waals surface area contributed by atoms with E-state index in [2.05, 4.69) is 15.1 Å². The molecule has 0 amide bonds. The fourth-order valence-corrected chi connectivity index (χ4v) is 3.93. The van der Waals surface area contributed by atoms with Crippen molar-refractivity contribution in [3.8, 4) is 0 Å². The Kier molecular flexibility index (Phi) is 2.23. The molecule has 4 rings (SSSR count). The van der Waals surface area contributed by atoms with Gasteiger partial charge in [0.05, 0.1) is 5.39 Å². The van der Waals surface area contributed by atoms with Gasteiger partial charge in [0.2, 0.25) is 0 Å². The van der Waals surface area contributed by atoms with Gasteiger partial charge in [0.1, 0.15) is 16.9 Å². The molecule has 1 aliphatic rings. The van der Waals surface area contributed by atoms with Crippen LogP contribution < -0.4 is 5.56 Å². The first kappa shape index (κ1) is 11.0. The number of aryl methyl sites for hydroxylation is 3. The summed E-state index contributed by atoms with van der Waals surface area (Å²) in [5, 5.41) is 5.27. The largest absolute Gasteiger partial charge is 0.294 e. The number of nitrogens with zero attached hydrogens (tertiary/aromatic N) is 4. The van der Waals surface area contributed by atoms with Crippen LogP contribution >= 0.6 is 11.3 Å². The monoisotopic (exact) mass is 272 g/mol. The summed E-state index contributed by atoms with van der Waals surface area (Å²) in [6.07, 6.45) is 6.26. The molecule has 3 aromatic rings. The van der Waals surface area contributed by atoms with E-state index in [1.54, 1.807) is 29.1 Å². The third kappa shape index (κ3) is 1.53. The number of rotatable bonds is 0. The Morgan fingerprint density at radius 3 is 3.05 bits per heavy atom. The number of hydrogen-bond acceptors (Lipinski definition) is 5. The fourth-order valence-electron chi connectivity index (χ4n) is 2.71. The van der Waals surface area contributed by atoms with Gasteiger partial charge in [0, 0.05) is 4.88 Å². The molecular formula is C13H12N4OS. The van der Waals surface area contributed by atoms with Gasteiger partial charge in [0.25, 0.3) is 5.56 Å². The number of fused-ring (bicyclic) bond motifs is 5. The molecule has 3 aromatic heterocycles. The van der Waals surface area contributed by atoms with Crippen LogP contribution in [0.25, 0.3) is 15.9 Å². The molecule has 0 N–H and O–H groups in total. The van der Waals surface area contributed by atoms with E-state index in [0.717, 1.165) is 23.1 Å². The standard InChI is InChI=1S/C13H12N4OS/c1-7-12(18)15-11-10-8-4-2-3-5-9(8)19-13(10)14-6-17(11)16-7/h6H,2-5H2,1H3. The lowest BCUT2D eigenvalue weighted by Gasteiger charge is -2.10. The Hall–Kier alpha value is -1.82. The van der Waals surface area contributed by atoms with Crippen molar-refractivity contribution in [1.29, 1.82) is 0 Å². The molecule has 0 radical (unpaired) electrons. The molecule has 0 aromatic carbocycles. The molecule has 0 bridgehead atoms. The van der Waals surface area contributed by atoms with Gasteiger partial charge >= 0.3 is 0 Å². The summed E-state index contributed by atoms with van der Waals surface area (Å²) in [5.41, 5.74) is 2.14. The van der Waals surface area contributed by atoms with Gasteiger partial charge in [-0.05, 0) is 38.2 Å². The van der Waals surface area contributed by atoms with Crippen molar-refractivity contribution in [3.63, 3.8) is 0 Å². The summed E-state index contributed by atoms with van der Waals surface area (Å²) in [7, 11) is 0. The molecule has 96 valence electrons. The number of thiophene rings is 1. The van der Waals surface area contributed by atoms with Gasteiger partial charge in [-0.2, -0.15) is 10.1 Å². The summed E-state index contributed by atoms with van der Waals surface area (Å²) >= 11 is 1.73. The van der Waals surface area contributed by atoms with Crippen LogP contribution in [-0.4, -0.2) is 19.6 Å². The number of hydrogen-bond donors (Lipinski definition) is 0. The van der Waals surface area contributed by atoms with Crippen LogP contribution in [0.15, 0.2) is 11.1 Å². The normalized spacial score (nSPS) is 15.0. The minimum Gasteiger partial charge on any atom is -0.265 e. The molecule has 0 fully saturated rings. The fraction of sp³-hybridized carbons (Fsp3) is 0.385. The average molecular weight is 272 g/mol. The second-order valence-electron chi connectivity index (χ2n) is 4.91. The summed E-state index contributed by atoms with van der Waals surface area (Å²) in [4.78, 5) is 22.8. The van der Waals surface area contributed by atoms with Gasteiger partial charge in [-0.15, -0.1) is 11.3 Å². The summed E-state index contributed by atoms with van der Waals surface area (Å²) in [6.45, 7) is 1.68. The molecule has 0 spiro atoms.